The average Bonchev–Trinajstić information content (AvgIpc) is 3.44. The molecule has 0 heterocycles. The minimum atomic E-state index is -0.785. The zero-order valence-corrected chi connectivity index (χ0v) is 50.6. The summed E-state index contributed by atoms with van der Waals surface area (Å²) in [5, 5.41) is 0. The van der Waals surface area contributed by atoms with Gasteiger partial charge in [0, 0.05) is 19.3 Å². The van der Waals surface area contributed by atoms with Crippen molar-refractivity contribution in [1.82, 2.24) is 0 Å². The number of hydrogen-bond acceptors (Lipinski definition) is 6. The molecule has 1 atom stereocenters. The van der Waals surface area contributed by atoms with Gasteiger partial charge < -0.3 is 14.2 Å². The number of allylic oxidation sites excluding steroid dienone is 22. The van der Waals surface area contributed by atoms with Crippen LogP contribution in [0.3, 0.4) is 0 Å². The number of hydrogen-bond donors (Lipinski definition) is 0. The topological polar surface area (TPSA) is 78.9 Å². The first-order valence-corrected chi connectivity index (χ1v) is 32.2. The highest BCUT2D eigenvalue weighted by molar-refractivity contribution is 5.71. The summed E-state index contributed by atoms with van der Waals surface area (Å²) in [6, 6.07) is 0. The van der Waals surface area contributed by atoms with Gasteiger partial charge in [-0.3, -0.25) is 14.4 Å². The quantitative estimate of drug-likeness (QED) is 0.0261. The molecule has 0 amide bonds. The summed E-state index contributed by atoms with van der Waals surface area (Å²) in [6.07, 6.45) is 92.0. The lowest BCUT2D eigenvalue weighted by atomic mass is 10.0. The Bertz CT molecular complexity index is 1670. The molecule has 0 aliphatic rings. The van der Waals surface area contributed by atoms with Crippen LogP contribution in [0.5, 0.6) is 0 Å². The van der Waals surface area contributed by atoms with E-state index in [1.54, 1.807) is 0 Å². The van der Waals surface area contributed by atoms with E-state index in [0.29, 0.717) is 19.3 Å². The van der Waals surface area contributed by atoms with Crippen LogP contribution in [-0.4, -0.2) is 37.2 Å². The smallest absolute Gasteiger partial charge is 0.306 e. The number of unbranched alkanes of at least 4 members (excludes halogenated alkanes) is 24. The minimum Gasteiger partial charge on any atom is -0.462 e. The van der Waals surface area contributed by atoms with Gasteiger partial charge in [-0.15, -0.1) is 0 Å². The molecule has 0 fully saturated rings. The van der Waals surface area contributed by atoms with Gasteiger partial charge in [-0.2, -0.15) is 0 Å². The van der Waals surface area contributed by atoms with Crippen molar-refractivity contribution in [2.24, 2.45) is 0 Å². The fraction of sp³-hybridized carbons (Fsp3) is 0.653. The first kappa shape index (κ1) is 73.5. The lowest BCUT2D eigenvalue weighted by Gasteiger charge is -2.18. The van der Waals surface area contributed by atoms with E-state index in [-0.39, 0.29) is 31.1 Å². The minimum absolute atomic E-state index is 0.0843. The zero-order chi connectivity index (χ0) is 56.4. The predicted octanol–water partition coefficient (Wildman–Crippen LogP) is 22.2. The maximum atomic E-state index is 12.9. The Morgan fingerprint density at radius 1 is 0.269 bits per heavy atom. The number of esters is 3. The fourth-order valence-corrected chi connectivity index (χ4v) is 8.65. The van der Waals surface area contributed by atoms with Gasteiger partial charge in [0.25, 0.3) is 0 Å². The van der Waals surface area contributed by atoms with Crippen molar-refractivity contribution in [3.8, 4) is 0 Å². The van der Waals surface area contributed by atoms with Gasteiger partial charge in [-0.1, -0.05) is 283 Å². The van der Waals surface area contributed by atoms with Crippen molar-refractivity contribution in [2.45, 2.75) is 290 Å². The maximum Gasteiger partial charge on any atom is 0.306 e. The number of carbonyl (C=O) groups excluding carboxylic acids is 3. The van der Waals surface area contributed by atoms with Crippen molar-refractivity contribution >= 4 is 17.9 Å². The van der Waals surface area contributed by atoms with Crippen LogP contribution in [0.25, 0.3) is 0 Å². The first-order chi connectivity index (χ1) is 38.5. The van der Waals surface area contributed by atoms with E-state index < -0.39 is 6.10 Å². The predicted molar refractivity (Wildman–Crippen MR) is 339 cm³/mol. The molecule has 1 unspecified atom stereocenters. The second kappa shape index (κ2) is 65.1. The first-order valence-electron chi connectivity index (χ1n) is 32.2. The highest BCUT2D eigenvalue weighted by atomic mass is 16.6. The van der Waals surface area contributed by atoms with Crippen molar-refractivity contribution < 1.29 is 28.6 Å². The van der Waals surface area contributed by atoms with Crippen LogP contribution >= 0.6 is 0 Å². The molecular formula is C72H118O6. The average molecular weight is 1080 g/mol. The Labute approximate surface area is 481 Å². The molecular weight excluding hydrogens is 961 g/mol. The molecule has 0 radical (unpaired) electrons. The van der Waals surface area contributed by atoms with Gasteiger partial charge >= 0.3 is 17.9 Å². The highest BCUT2D eigenvalue weighted by Crippen LogP contribution is 2.16. The Morgan fingerprint density at radius 2 is 0.500 bits per heavy atom. The van der Waals surface area contributed by atoms with E-state index in [0.717, 1.165) is 135 Å². The fourth-order valence-electron chi connectivity index (χ4n) is 8.65. The summed E-state index contributed by atoms with van der Waals surface area (Å²) in [7, 11) is 0. The van der Waals surface area contributed by atoms with Crippen LogP contribution in [0.2, 0.25) is 0 Å². The molecule has 6 heteroatoms. The van der Waals surface area contributed by atoms with Crippen LogP contribution in [0.4, 0.5) is 0 Å². The zero-order valence-electron chi connectivity index (χ0n) is 50.6. The van der Waals surface area contributed by atoms with Crippen LogP contribution in [0.1, 0.15) is 284 Å². The second-order valence-electron chi connectivity index (χ2n) is 20.9. The SMILES string of the molecule is CC/C=C\C/C=C\C/C=C\C/C=C\C/C=C\C/C=C\C/C=C\CCCCCCCCCC(=O)OCC(COC(=O)CCCCCCCC)OC(=O)CCCCCCCCCCCCCC/C=C\C/C=C\C/C=C\C/C=C\CC. The number of rotatable bonds is 57. The summed E-state index contributed by atoms with van der Waals surface area (Å²) < 4.78 is 16.8. The summed E-state index contributed by atoms with van der Waals surface area (Å²) in [5.41, 5.74) is 0. The lowest BCUT2D eigenvalue weighted by Crippen LogP contribution is -2.30. The molecule has 0 aromatic rings. The van der Waals surface area contributed by atoms with Gasteiger partial charge in [0.05, 0.1) is 0 Å². The molecule has 6 nitrogen and oxygen atoms in total. The van der Waals surface area contributed by atoms with Crippen molar-refractivity contribution in [1.29, 1.82) is 0 Å². The van der Waals surface area contributed by atoms with Crippen LogP contribution in [-0.2, 0) is 28.6 Å². The van der Waals surface area contributed by atoms with Crippen LogP contribution in [0.15, 0.2) is 134 Å². The number of carbonyl (C=O) groups is 3. The Hall–Kier alpha value is -4.45. The van der Waals surface area contributed by atoms with Crippen molar-refractivity contribution in [3.63, 3.8) is 0 Å². The Balaban J connectivity index is 4.14. The molecule has 0 saturated carbocycles. The van der Waals surface area contributed by atoms with E-state index in [2.05, 4.69) is 154 Å². The molecule has 442 valence electrons. The third kappa shape index (κ3) is 62.4. The molecule has 0 saturated heterocycles. The second-order valence-corrected chi connectivity index (χ2v) is 20.9. The molecule has 0 aliphatic carbocycles. The van der Waals surface area contributed by atoms with E-state index in [9.17, 15) is 14.4 Å². The van der Waals surface area contributed by atoms with Crippen LogP contribution in [0, 0.1) is 0 Å². The molecule has 0 aliphatic heterocycles. The molecule has 0 spiro atoms. The molecule has 0 rings (SSSR count). The van der Waals surface area contributed by atoms with Crippen molar-refractivity contribution in [3.05, 3.63) is 134 Å². The summed E-state index contributed by atoms with van der Waals surface area (Å²) in [5.74, 6) is -0.906. The van der Waals surface area contributed by atoms with Gasteiger partial charge in [-0.05, 0) is 116 Å². The molecule has 78 heavy (non-hydrogen) atoms. The Kier molecular flexibility index (Phi) is 61.4. The molecule has 0 bridgehead atoms. The molecule has 0 aromatic carbocycles. The summed E-state index contributed by atoms with van der Waals surface area (Å²) in [4.78, 5) is 38.0. The Morgan fingerprint density at radius 3 is 0.782 bits per heavy atom. The van der Waals surface area contributed by atoms with E-state index >= 15 is 0 Å². The van der Waals surface area contributed by atoms with Gasteiger partial charge in [0.2, 0.25) is 0 Å². The van der Waals surface area contributed by atoms with Gasteiger partial charge in [-0.25, -0.2) is 0 Å². The standard InChI is InChI=1S/C72H118O6/c1-4-7-10-13-16-18-20-22-24-26-28-30-32-34-35-36-37-39-40-42-44-46-48-50-52-54-56-59-62-65-71(74)77-68-69(67-76-70(73)64-61-58-15-12-9-6-3)78-72(75)66-63-60-57-55-53-51-49-47-45-43-41-38-33-31-29-27-25-23-21-19-17-14-11-8-5-2/h7-8,10-11,16-19,22-25,28-31,34-35,37,39,42,44,69H,4-6,9,12-15,20-21,26-27,32-33,36,38,40-41,43,45-68H2,1-3H3/b10-7-,11-8-,18-16-,19-17-,24-22-,25-23-,30-28-,31-29-,35-34-,39-37-,44-42-. The molecule has 0 aromatic heterocycles. The molecule has 0 N–H and O–H groups in total. The monoisotopic (exact) mass is 1080 g/mol. The lowest BCUT2D eigenvalue weighted by molar-refractivity contribution is -0.167. The largest absolute Gasteiger partial charge is 0.462 e. The van der Waals surface area contributed by atoms with E-state index in [1.807, 2.05) is 0 Å². The third-order valence-electron chi connectivity index (χ3n) is 13.4. The summed E-state index contributed by atoms with van der Waals surface area (Å²) >= 11 is 0. The van der Waals surface area contributed by atoms with Gasteiger partial charge in [0.15, 0.2) is 6.10 Å². The third-order valence-corrected chi connectivity index (χ3v) is 13.4. The normalized spacial score (nSPS) is 13.0. The van der Waals surface area contributed by atoms with E-state index in [1.165, 1.54) is 109 Å². The van der Waals surface area contributed by atoms with Gasteiger partial charge in [0.1, 0.15) is 13.2 Å². The summed E-state index contributed by atoms with van der Waals surface area (Å²) in [6.45, 7) is 6.35. The van der Waals surface area contributed by atoms with E-state index in [4.69, 9.17) is 14.2 Å². The number of ether oxygens (including phenoxy) is 3. The highest BCUT2D eigenvalue weighted by Gasteiger charge is 2.19. The van der Waals surface area contributed by atoms with Crippen molar-refractivity contribution in [2.75, 3.05) is 13.2 Å². The van der Waals surface area contributed by atoms with Crippen LogP contribution < -0.4 is 0 Å². The maximum absolute atomic E-state index is 12.9.